The van der Waals surface area contributed by atoms with Gasteiger partial charge in [0.15, 0.2) is 5.13 Å². The summed E-state index contributed by atoms with van der Waals surface area (Å²) in [7, 11) is 2.16. The zero-order valence-corrected chi connectivity index (χ0v) is 15.5. The molecule has 0 amide bonds. The first-order valence-electron chi connectivity index (χ1n) is 8.01. The molecule has 1 saturated carbocycles. The van der Waals surface area contributed by atoms with Crippen LogP contribution in [0.2, 0.25) is 0 Å². The van der Waals surface area contributed by atoms with E-state index in [1.807, 2.05) is 11.3 Å². The van der Waals surface area contributed by atoms with Gasteiger partial charge < -0.3 is 10.2 Å². The summed E-state index contributed by atoms with van der Waals surface area (Å²) in [6.07, 6.45) is 2.67. The lowest BCUT2D eigenvalue weighted by molar-refractivity contribution is 0.418. The van der Waals surface area contributed by atoms with E-state index in [4.69, 9.17) is 4.98 Å². The number of nitrogens with one attached hydrogen (secondary N) is 1. The molecule has 3 nitrogen and oxygen atoms in total. The fourth-order valence-corrected chi connectivity index (χ4v) is 3.69. The highest BCUT2D eigenvalue weighted by molar-refractivity contribution is 7.15. The van der Waals surface area contributed by atoms with Crippen molar-refractivity contribution in [3.8, 4) is 0 Å². The van der Waals surface area contributed by atoms with Gasteiger partial charge in [0.2, 0.25) is 0 Å². The maximum absolute atomic E-state index is 4.97. The molecule has 0 saturated heterocycles. The number of thiazole rings is 1. The molecule has 120 valence electrons. The number of anilines is 1. The summed E-state index contributed by atoms with van der Waals surface area (Å²) in [5.41, 5.74) is 1.66. The highest BCUT2D eigenvalue weighted by Gasteiger charge is 2.27. The standard InChI is InChI=1S/C17H31N3S/c1-16(2,3)11-20(7)15-19-14(17(4,5)6)13(21-15)10-18-12-8-9-12/h12,18H,8-11H2,1-7H3. The van der Waals surface area contributed by atoms with Gasteiger partial charge in [0, 0.05) is 36.5 Å². The van der Waals surface area contributed by atoms with Crippen LogP contribution in [-0.2, 0) is 12.0 Å². The van der Waals surface area contributed by atoms with Gasteiger partial charge in [-0.1, -0.05) is 41.5 Å². The molecule has 0 atom stereocenters. The van der Waals surface area contributed by atoms with Gasteiger partial charge in [0.25, 0.3) is 0 Å². The average molecular weight is 310 g/mol. The second-order valence-electron chi connectivity index (χ2n) is 8.59. The Hall–Kier alpha value is -0.610. The first-order valence-corrected chi connectivity index (χ1v) is 8.82. The Labute approximate surface area is 134 Å². The molecule has 1 fully saturated rings. The van der Waals surface area contributed by atoms with Crippen LogP contribution in [0.4, 0.5) is 5.13 Å². The van der Waals surface area contributed by atoms with Gasteiger partial charge in [-0.15, -0.1) is 11.3 Å². The maximum Gasteiger partial charge on any atom is 0.185 e. The van der Waals surface area contributed by atoms with Crippen LogP contribution in [0.15, 0.2) is 0 Å². The molecular formula is C17H31N3S. The van der Waals surface area contributed by atoms with E-state index in [9.17, 15) is 0 Å². The minimum atomic E-state index is 0.109. The molecule has 0 radical (unpaired) electrons. The van der Waals surface area contributed by atoms with Crippen LogP contribution in [0.3, 0.4) is 0 Å². The summed E-state index contributed by atoms with van der Waals surface area (Å²) in [5.74, 6) is 0. The predicted molar refractivity (Wildman–Crippen MR) is 93.4 cm³/mol. The summed E-state index contributed by atoms with van der Waals surface area (Å²) < 4.78 is 0. The monoisotopic (exact) mass is 309 g/mol. The van der Waals surface area contributed by atoms with Crippen LogP contribution < -0.4 is 10.2 Å². The first-order chi connectivity index (χ1) is 9.56. The van der Waals surface area contributed by atoms with E-state index in [0.29, 0.717) is 0 Å². The average Bonchev–Trinajstić information content (AvgIpc) is 3.00. The normalized spacial score (nSPS) is 16.3. The number of nitrogens with zero attached hydrogens (tertiary/aromatic N) is 2. The second-order valence-corrected chi connectivity index (χ2v) is 9.65. The van der Waals surface area contributed by atoms with Crippen molar-refractivity contribution in [2.75, 3.05) is 18.5 Å². The third kappa shape index (κ3) is 4.96. The maximum atomic E-state index is 4.97. The molecule has 0 aliphatic heterocycles. The van der Waals surface area contributed by atoms with E-state index in [2.05, 4.69) is 58.8 Å². The van der Waals surface area contributed by atoms with Crippen molar-refractivity contribution < 1.29 is 0 Å². The van der Waals surface area contributed by atoms with Crippen molar-refractivity contribution in [2.24, 2.45) is 5.41 Å². The van der Waals surface area contributed by atoms with Gasteiger partial charge in [-0.3, -0.25) is 0 Å². The number of aromatic nitrogens is 1. The lowest BCUT2D eigenvalue weighted by Gasteiger charge is -2.26. The SMILES string of the molecule is CN(CC(C)(C)C)c1nc(C(C)(C)C)c(CNC2CC2)s1. The van der Waals surface area contributed by atoms with E-state index >= 15 is 0 Å². The number of hydrogen-bond acceptors (Lipinski definition) is 4. The van der Waals surface area contributed by atoms with Crippen LogP contribution in [-0.4, -0.2) is 24.6 Å². The molecular weight excluding hydrogens is 278 g/mol. The minimum Gasteiger partial charge on any atom is -0.351 e. The van der Waals surface area contributed by atoms with E-state index in [1.165, 1.54) is 23.4 Å². The molecule has 0 bridgehead atoms. The van der Waals surface area contributed by atoms with Crippen molar-refractivity contribution >= 4 is 16.5 Å². The van der Waals surface area contributed by atoms with Crippen LogP contribution in [0.1, 0.15) is 65.0 Å². The van der Waals surface area contributed by atoms with E-state index < -0.39 is 0 Å². The Bertz CT molecular complexity index is 475. The van der Waals surface area contributed by atoms with Gasteiger partial charge in [-0.2, -0.15) is 0 Å². The second kappa shape index (κ2) is 5.88. The van der Waals surface area contributed by atoms with Crippen molar-refractivity contribution in [1.82, 2.24) is 10.3 Å². The highest BCUT2D eigenvalue weighted by atomic mass is 32.1. The summed E-state index contributed by atoms with van der Waals surface area (Å²) >= 11 is 1.86. The highest BCUT2D eigenvalue weighted by Crippen LogP contribution is 2.35. The Morgan fingerprint density at radius 3 is 2.29 bits per heavy atom. The van der Waals surface area contributed by atoms with Crippen molar-refractivity contribution in [3.05, 3.63) is 10.6 Å². The van der Waals surface area contributed by atoms with Crippen molar-refractivity contribution in [2.45, 2.75) is 72.4 Å². The Kier molecular flexibility index (Phi) is 4.69. The molecule has 1 aromatic rings. The van der Waals surface area contributed by atoms with Crippen LogP contribution in [0, 0.1) is 5.41 Å². The molecule has 21 heavy (non-hydrogen) atoms. The van der Waals surface area contributed by atoms with Crippen molar-refractivity contribution in [1.29, 1.82) is 0 Å². The molecule has 1 N–H and O–H groups in total. The van der Waals surface area contributed by atoms with Crippen LogP contribution in [0.25, 0.3) is 0 Å². The summed E-state index contributed by atoms with van der Waals surface area (Å²) in [6.45, 7) is 15.6. The summed E-state index contributed by atoms with van der Waals surface area (Å²) in [5, 5.41) is 4.79. The summed E-state index contributed by atoms with van der Waals surface area (Å²) in [6, 6.07) is 0.746. The minimum absolute atomic E-state index is 0.109. The smallest absolute Gasteiger partial charge is 0.185 e. The molecule has 0 aromatic carbocycles. The summed E-state index contributed by atoms with van der Waals surface area (Å²) in [4.78, 5) is 8.68. The zero-order chi connectivity index (χ0) is 15.8. The lowest BCUT2D eigenvalue weighted by Crippen LogP contribution is -2.29. The fourth-order valence-electron chi connectivity index (χ4n) is 2.51. The molecule has 1 aliphatic rings. The Morgan fingerprint density at radius 1 is 1.19 bits per heavy atom. The largest absolute Gasteiger partial charge is 0.351 e. The molecule has 1 aliphatic carbocycles. The van der Waals surface area contributed by atoms with Crippen LogP contribution >= 0.6 is 11.3 Å². The molecule has 0 unspecified atom stereocenters. The quantitative estimate of drug-likeness (QED) is 0.884. The van der Waals surface area contributed by atoms with Gasteiger partial charge in [0.1, 0.15) is 0 Å². The van der Waals surface area contributed by atoms with E-state index in [-0.39, 0.29) is 10.8 Å². The first kappa shape index (κ1) is 16.8. The molecule has 0 spiro atoms. The third-order valence-electron chi connectivity index (χ3n) is 3.56. The predicted octanol–water partition coefficient (Wildman–Crippen LogP) is 4.17. The van der Waals surface area contributed by atoms with E-state index in [1.54, 1.807) is 0 Å². The molecule has 1 aromatic heterocycles. The Morgan fingerprint density at radius 2 is 1.81 bits per heavy atom. The molecule has 2 rings (SSSR count). The van der Waals surface area contributed by atoms with Gasteiger partial charge in [-0.25, -0.2) is 4.98 Å². The van der Waals surface area contributed by atoms with Gasteiger partial charge in [-0.05, 0) is 18.3 Å². The zero-order valence-electron chi connectivity index (χ0n) is 14.7. The fraction of sp³-hybridized carbons (Fsp3) is 0.824. The molecule has 4 heteroatoms. The van der Waals surface area contributed by atoms with Crippen LogP contribution in [0.5, 0.6) is 0 Å². The van der Waals surface area contributed by atoms with Gasteiger partial charge in [0.05, 0.1) is 5.69 Å². The Balaban J connectivity index is 2.17. The molecule has 1 heterocycles. The van der Waals surface area contributed by atoms with Crippen molar-refractivity contribution in [3.63, 3.8) is 0 Å². The van der Waals surface area contributed by atoms with E-state index in [0.717, 1.165) is 24.3 Å². The number of rotatable bonds is 5. The topological polar surface area (TPSA) is 28.2 Å². The lowest BCUT2D eigenvalue weighted by atomic mass is 9.91. The number of hydrogen-bond donors (Lipinski definition) is 1. The third-order valence-corrected chi connectivity index (χ3v) is 4.73. The van der Waals surface area contributed by atoms with Gasteiger partial charge >= 0.3 is 0 Å².